The molecule has 2 aliphatic heterocycles. The zero-order chi connectivity index (χ0) is 13.9. The molecule has 0 aliphatic carbocycles. The third-order valence-electron chi connectivity index (χ3n) is 4.55. The molecular formula is C17H21NO2. The highest BCUT2D eigenvalue weighted by atomic mass is 16.5. The van der Waals surface area contributed by atoms with Crippen molar-refractivity contribution in [2.75, 3.05) is 7.05 Å². The van der Waals surface area contributed by atoms with Crippen molar-refractivity contribution in [1.29, 1.82) is 0 Å². The van der Waals surface area contributed by atoms with Gasteiger partial charge in [-0.15, -0.1) is 0 Å². The summed E-state index contributed by atoms with van der Waals surface area (Å²) in [6.45, 7) is 0. The van der Waals surface area contributed by atoms with Crippen LogP contribution in [0.2, 0.25) is 0 Å². The molecular weight excluding hydrogens is 250 g/mol. The van der Waals surface area contributed by atoms with Gasteiger partial charge in [-0.1, -0.05) is 30.3 Å². The summed E-state index contributed by atoms with van der Waals surface area (Å²) >= 11 is 0. The van der Waals surface area contributed by atoms with Crippen LogP contribution >= 0.6 is 0 Å². The molecule has 20 heavy (non-hydrogen) atoms. The number of nitrogens with zero attached hydrogens (tertiary/aromatic N) is 1. The topological polar surface area (TPSA) is 29.5 Å². The first-order chi connectivity index (χ1) is 9.72. The van der Waals surface area contributed by atoms with E-state index in [0.717, 1.165) is 18.4 Å². The monoisotopic (exact) mass is 271 g/mol. The second-order valence-corrected chi connectivity index (χ2v) is 5.82. The van der Waals surface area contributed by atoms with Crippen molar-refractivity contribution in [3.63, 3.8) is 0 Å². The SMILES string of the molecule is CN1C2CCC1CC(OC(=O)/C=C/c1ccccc1)C2. The lowest BCUT2D eigenvalue weighted by atomic mass is 10.0. The predicted molar refractivity (Wildman–Crippen MR) is 79.2 cm³/mol. The number of carbonyl (C=O) groups excluding carboxylic acids is 1. The van der Waals surface area contributed by atoms with Crippen LogP contribution in [0, 0.1) is 0 Å². The zero-order valence-corrected chi connectivity index (χ0v) is 11.9. The van der Waals surface area contributed by atoms with Crippen LogP contribution in [0.15, 0.2) is 36.4 Å². The Kier molecular flexibility index (Phi) is 3.88. The lowest BCUT2D eigenvalue weighted by Gasteiger charge is -2.35. The highest BCUT2D eigenvalue weighted by Crippen LogP contribution is 2.35. The van der Waals surface area contributed by atoms with E-state index in [2.05, 4.69) is 11.9 Å². The van der Waals surface area contributed by atoms with E-state index in [4.69, 9.17) is 4.74 Å². The Hall–Kier alpha value is -1.61. The van der Waals surface area contributed by atoms with Crippen molar-refractivity contribution in [2.45, 2.75) is 43.9 Å². The first kappa shape index (κ1) is 13.4. The Balaban J connectivity index is 1.54. The molecule has 2 saturated heterocycles. The molecule has 1 aromatic rings. The number of rotatable bonds is 3. The van der Waals surface area contributed by atoms with Crippen molar-refractivity contribution in [3.05, 3.63) is 42.0 Å². The molecule has 1 aromatic carbocycles. The zero-order valence-electron chi connectivity index (χ0n) is 11.9. The second-order valence-electron chi connectivity index (χ2n) is 5.82. The summed E-state index contributed by atoms with van der Waals surface area (Å²) in [6.07, 6.45) is 7.90. The number of hydrogen-bond acceptors (Lipinski definition) is 3. The highest BCUT2D eigenvalue weighted by Gasteiger charge is 2.39. The number of esters is 1. The van der Waals surface area contributed by atoms with Crippen LogP contribution in [-0.4, -0.2) is 36.1 Å². The maximum absolute atomic E-state index is 11.9. The standard InChI is InChI=1S/C17H21NO2/c1-18-14-8-9-15(18)12-16(11-14)20-17(19)10-7-13-5-3-2-4-6-13/h2-7,10,14-16H,8-9,11-12H2,1H3/b10-7+. The molecule has 2 bridgehead atoms. The maximum atomic E-state index is 11.9. The van der Waals surface area contributed by atoms with Gasteiger partial charge >= 0.3 is 5.97 Å². The predicted octanol–water partition coefficient (Wildman–Crippen LogP) is 2.87. The van der Waals surface area contributed by atoms with Crippen molar-refractivity contribution in [1.82, 2.24) is 4.90 Å². The summed E-state index contributed by atoms with van der Waals surface area (Å²) in [5.41, 5.74) is 1.02. The number of benzene rings is 1. The third-order valence-corrected chi connectivity index (χ3v) is 4.55. The quantitative estimate of drug-likeness (QED) is 0.625. The van der Waals surface area contributed by atoms with Gasteiger partial charge in [0.1, 0.15) is 6.10 Å². The fraction of sp³-hybridized carbons (Fsp3) is 0.471. The van der Waals surface area contributed by atoms with Gasteiger partial charge in [-0.3, -0.25) is 0 Å². The number of hydrogen-bond donors (Lipinski definition) is 0. The minimum Gasteiger partial charge on any atom is -0.459 e. The Morgan fingerprint density at radius 2 is 1.85 bits per heavy atom. The molecule has 3 nitrogen and oxygen atoms in total. The minimum atomic E-state index is -0.220. The molecule has 2 heterocycles. The lowest BCUT2D eigenvalue weighted by Crippen LogP contribution is -2.43. The molecule has 3 heteroatoms. The van der Waals surface area contributed by atoms with Gasteiger partial charge in [0, 0.05) is 31.0 Å². The molecule has 0 aromatic heterocycles. The van der Waals surface area contributed by atoms with Gasteiger partial charge in [-0.25, -0.2) is 4.79 Å². The van der Waals surface area contributed by atoms with Gasteiger partial charge in [0.15, 0.2) is 0 Å². The van der Waals surface area contributed by atoms with Gasteiger partial charge in [0.2, 0.25) is 0 Å². The van der Waals surface area contributed by atoms with Gasteiger partial charge in [-0.05, 0) is 31.5 Å². The molecule has 0 spiro atoms. The smallest absolute Gasteiger partial charge is 0.331 e. The molecule has 0 saturated carbocycles. The van der Waals surface area contributed by atoms with Crippen LogP contribution in [0.3, 0.4) is 0 Å². The Labute approximate surface area is 120 Å². The Morgan fingerprint density at radius 1 is 1.20 bits per heavy atom. The van der Waals surface area contributed by atoms with Crippen LogP contribution in [0.1, 0.15) is 31.2 Å². The Morgan fingerprint density at radius 3 is 2.50 bits per heavy atom. The normalized spacial score (nSPS) is 29.8. The molecule has 3 rings (SSSR count). The minimum absolute atomic E-state index is 0.0941. The molecule has 2 atom stereocenters. The number of ether oxygens (including phenoxy) is 1. The number of fused-ring (bicyclic) bond motifs is 2. The molecule has 2 unspecified atom stereocenters. The van der Waals surface area contributed by atoms with E-state index in [-0.39, 0.29) is 12.1 Å². The first-order valence-electron chi connectivity index (χ1n) is 7.38. The summed E-state index contributed by atoms with van der Waals surface area (Å²) in [5.74, 6) is -0.220. The fourth-order valence-electron chi connectivity index (χ4n) is 3.39. The van der Waals surface area contributed by atoms with Gasteiger partial charge in [0.05, 0.1) is 0 Å². The summed E-state index contributed by atoms with van der Waals surface area (Å²) in [6, 6.07) is 11.0. The van der Waals surface area contributed by atoms with E-state index in [1.54, 1.807) is 0 Å². The van der Waals surface area contributed by atoms with Crippen LogP contribution in [-0.2, 0) is 9.53 Å². The van der Waals surface area contributed by atoms with E-state index in [0.29, 0.717) is 12.1 Å². The van der Waals surface area contributed by atoms with E-state index in [1.807, 2.05) is 36.4 Å². The van der Waals surface area contributed by atoms with E-state index >= 15 is 0 Å². The molecule has 106 valence electrons. The summed E-state index contributed by atoms with van der Waals surface area (Å²) in [5, 5.41) is 0. The molecule has 0 radical (unpaired) electrons. The van der Waals surface area contributed by atoms with Crippen molar-refractivity contribution in [2.24, 2.45) is 0 Å². The third kappa shape index (κ3) is 2.93. The second kappa shape index (κ2) is 5.80. The molecule has 2 aliphatic rings. The van der Waals surface area contributed by atoms with E-state index in [9.17, 15) is 4.79 Å². The number of carbonyl (C=O) groups is 1. The van der Waals surface area contributed by atoms with Crippen molar-refractivity contribution in [3.8, 4) is 0 Å². The molecule has 0 amide bonds. The number of piperidine rings is 1. The van der Waals surface area contributed by atoms with Crippen LogP contribution < -0.4 is 0 Å². The van der Waals surface area contributed by atoms with Crippen LogP contribution in [0.4, 0.5) is 0 Å². The summed E-state index contributed by atoms with van der Waals surface area (Å²) < 4.78 is 5.59. The summed E-state index contributed by atoms with van der Waals surface area (Å²) in [7, 11) is 2.19. The maximum Gasteiger partial charge on any atom is 0.331 e. The first-order valence-corrected chi connectivity index (χ1v) is 7.38. The average Bonchev–Trinajstić information content (AvgIpc) is 2.68. The molecule has 2 fully saturated rings. The van der Waals surface area contributed by atoms with Gasteiger partial charge < -0.3 is 9.64 Å². The fourth-order valence-corrected chi connectivity index (χ4v) is 3.39. The lowest BCUT2D eigenvalue weighted by molar-refractivity contribution is -0.146. The highest BCUT2D eigenvalue weighted by molar-refractivity contribution is 5.87. The van der Waals surface area contributed by atoms with Crippen LogP contribution in [0.5, 0.6) is 0 Å². The molecule has 0 N–H and O–H groups in total. The van der Waals surface area contributed by atoms with Crippen molar-refractivity contribution >= 4 is 12.0 Å². The van der Waals surface area contributed by atoms with Gasteiger partial charge in [-0.2, -0.15) is 0 Å². The van der Waals surface area contributed by atoms with Crippen molar-refractivity contribution < 1.29 is 9.53 Å². The largest absolute Gasteiger partial charge is 0.459 e. The van der Waals surface area contributed by atoms with Gasteiger partial charge in [0.25, 0.3) is 0 Å². The van der Waals surface area contributed by atoms with Crippen LogP contribution in [0.25, 0.3) is 6.08 Å². The van der Waals surface area contributed by atoms with E-state index in [1.165, 1.54) is 18.9 Å². The van der Waals surface area contributed by atoms with E-state index < -0.39 is 0 Å². The summed E-state index contributed by atoms with van der Waals surface area (Å²) in [4.78, 5) is 14.3. The average molecular weight is 271 g/mol. The Bertz CT molecular complexity index is 483.